The predicted octanol–water partition coefficient (Wildman–Crippen LogP) is 3.14. The molecular weight excluding hydrogens is 444 g/mol. The molecule has 2 aliphatic heterocycles. The molecule has 9 nitrogen and oxygen atoms in total. The van der Waals surface area contributed by atoms with Crippen LogP contribution < -0.4 is 10.6 Å². The van der Waals surface area contributed by atoms with E-state index in [0.29, 0.717) is 5.82 Å². The first-order valence-electron chi connectivity index (χ1n) is 11.2. The van der Waals surface area contributed by atoms with Crippen LogP contribution >= 0.6 is 0 Å². The van der Waals surface area contributed by atoms with E-state index in [1.807, 2.05) is 42.6 Å². The number of amides is 2. The molecule has 0 radical (unpaired) electrons. The Morgan fingerprint density at radius 1 is 1.09 bits per heavy atom. The number of ether oxygens (including phenoxy) is 1. The van der Waals surface area contributed by atoms with Crippen molar-refractivity contribution in [2.24, 2.45) is 0 Å². The van der Waals surface area contributed by atoms with Gasteiger partial charge in [-0.1, -0.05) is 24.3 Å². The third-order valence-electron chi connectivity index (χ3n) is 6.88. The molecule has 0 bridgehead atoms. The number of carbonyl (C=O) groups excluding carboxylic acids is 2. The first-order valence-corrected chi connectivity index (χ1v) is 11.2. The van der Waals surface area contributed by atoms with Crippen LogP contribution in [-0.4, -0.2) is 52.1 Å². The quantitative estimate of drug-likeness (QED) is 0.493. The lowest BCUT2D eigenvalue weighted by Crippen LogP contribution is -2.65. The summed E-state index contributed by atoms with van der Waals surface area (Å²) in [6, 6.07) is 13.5. The van der Waals surface area contributed by atoms with E-state index in [1.54, 1.807) is 29.6 Å². The highest BCUT2D eigenvalue weighted by Crippen LogP contribution is 2.48. The number of anilines is 2. The van der Waals surface area contributed by atoms with E-state index in [4.69, 9.17) is 15.5 Å². The van der Waals surface area contributed by atoms with Crippen molar-refractivity contribution in [2.45, 2.75) is 12.0 Å². The Hall–Kier alpha value is -4.53. The molecule has 5 heterocycles. The third-order valence-corrected chi connectivity index (χ3v) is 6.88. The van der Waals surface area contributed by atoms with Gasteiger partial charge in [-0.15, -0.1) is 0 Å². The molecule has 3 aromatic heterocycles. The summed E-state index contributed by atoms with van der Waals surface area (Å²) < 4.78 is 4.84. The second kappa shape index (κ2) is 7.76. The van der Waals surface area contributed by atoms with Crippen LogP contribution in [0.15, 0.2) is 67.3 Å². The largest absolute Gasteiger partial charge is 0.453 e. The highest BCUT2D eigenvalue weighted by atomic mass is 16.5. The van der Waals surface area contributed by atoms with Crippen molar-refractivity contribution < 1.29 is 14.3 Å². The van der Waals surface area contributed by atoms with Crippen molar-refractivity contribution in [3.8, 4) is 11.1 Å². The third kappa shape index (κ3) is 3.12. The number of aromatic nitrogens is 3. The summed E-state index contributed by atoms with van der Waals surface area (Å²) in [6.45, 7) is 0.792. The molecule has 0 unspecified atom stereocenters. The van der Waals surface area contributed by atoms with Crippen molar-refractivity contribution in [1.29, 1.82) is 0 Å². The zero-order valence-electron chi connectivity index (χ0n) is 19.0. The normalized spacial score (nSPS) is 15.9. The smallest absolute Gasteiger partial charge is 0.409 e. The van der Waals surface area contributed by atoms with Gasteiger partial charge in [0.05, 0.1) is 31.2 Å². The van der Waals surface area contributed by atoms with E-state index in [-0.39, 0.29) is 25.5 Å². The lowest BCUT2D eigenvalue weighted by Gasteiger charge is -2.45. The monoisotopic (exact) mass is 466 g/mol. The average Bonchev–Trinajstić information content (AvgIpc) is 3.11. The Kier molecular flexibility index (Phi) is 4.67. The maximum absolute atomic E-state index is 13.8. The van der Waals surface area contributed by atoms with E-state index in [9.17, 15) is 9.59 Å². The maximum Gasteiger partial charge on any atom is 0.409 e. The van der Waals surface area contributed by atoms with Crippen LogP contribution in [0.1, 0.15) is 11.3 Å². The number of rotatable bonds is 3. The average molecular weight is 467 g/mol. The predicted molar refractivity (Wildman–Crippen MR) is 130 cm³/mol. The van der Waals surface area contributed by atoms with Gasteiger partial charge in [-0.25, -0.2) is 9.78 Å². The van der Waals surface area contributed by atoms with Crippen LogP contribution in [0.25, 0.3) is 21.9 Å². The van der Waals surface area contributed by atoms with Crippen molar-refractivity contribution in [1.82, 2.24) is 19.9 Å². The molecule has 0 saturated carbocycles. The van der Waals surface area contributed by atoms with Gasteiger partial charge in [0.15, 0.2) is 0 Å². The Balaban J connectivity index is 1.44. The number of pyridine rings is 3. The number of nitrogens with two attached hydrogens (primary N) is 1. The molecular formula is C26H22N6O3. The van der Waals surface area contributed by atoms with E-state index in [0.717, 1.165) is 38.8 Å². The summed E-state index contributed by atoms with van der Waals surface area (Å²) >= 11 is 0. The number of nitrogen functional groups attached to an aromatic ring is 1. The molecule has 35 heavy (non-hydrogen) atoms. The van der Waals surface area contributed by atoms with Crippen LogP contribution in [0.2, 0.25) is 0 Å². The lowest BCUT2D eigenvalue weighted by atomic mass is 9.75. The van der Waals surface area contributed by atoms with Crippen molar-refractivity contribution in [3.63, 3.8) is 0 Å². The summed E-state index contributed by atoms with van der Waals surface area (Å²) in [5.41, 5.74) is 9.14. The van der Waals surface area contributed by atoms with E-state index >= 15 is 0 Å². The van der Waals surface area contributed by atoms with Gasteiger partial charge in [-0.3, -0.25) is 14.8 Å². The van der Waals surface area contributed by atoms with Gasteiger partial charge in [-0.2, -0.15) is 0 Å². The van der Waals surface area contributed by atoms with Gasteiger partial charge >= 0.3 is 6.09 Å². The van der Waals surface area contributed by atoms with Gasteiger partial charge in [0.25, 0.3) is 0 Å². The fourth-order valence-corrected chi connectivity index (χ4v) is 5.16. The Bertz CT molecular complexity index is 1480. The standard InChI is InChI=1S/C26H22N6O3/c1-35-25(34)31-14-26(15-31)19-8-9-28-12-21(19)32(24(26)33)13-20-23(17-6-7-22(27)30-11-17)18-5-3-2-4-16(18)10-29-20/h2-12H,13-15H2,1H3,(H2,27,30). The van der Waals surface area contributed by atoms with Crippen LogP contribution in [0.3, 0.4) is 0 Å². The Morgan fingerprint density at radius 3 is 2.69 bits per heavy atom. The Morgan fingerprint density at radius 2 is 1.91 bits per heavy atom. The van der Waals surface area contributed by atoms with E-state index in [1.165, 1.54) is 12.0 Å². The molecule has 0 aliphatic carbocycles. The molecule has 1 fully saturated rings. The van der Waals surface area contributed by atoms with Crippen LogP contribution in [0, 0.1) is 0 Å². The van der Waals surface area contributed by atoms with Crippen molar-refractivity contribution in [2.75, 3.05) is 30.8 Å². The summed E-state index contributed by atoms with van der Waals surface area (Å²) in [5.74, 6) is 0.359. The van der Waals surface area contributed by atoms with Gasteiger partial charge in [-0.05, 0) is 29.1 Å². The topological polar surface area (TPSA) is 115 Å². The molecule has 1 saturated heterocycles. The summed E-state index contributed by atoms with van der Waals surface area (Å²) in [4.78, 5) is 42.4. The number of carbonyl (C=O) groups is 2. The van der Waals surface area contributed by atoms with Gasteiger partial charge in [0, 0.05) is 48.2 Å². The van der Waals surface area contributed by atoms with E-state index < -0.39 is 11.5 Å². The highest BCUT2D eigenvalue weighted by Gasteiger charge is 2.59. The molecule has 6 rings (SSSR count). The molecule has 2 N–H and O–H groups in total. The lowest BCUT2D eigenvalue weighted by molar-refractivity contribution is -0.128. The van der Waals surface area contributed by atoms with Gasteiger partial charge in [0.2, 0.25) is 5.91 Å². The van der Waals surface area contributed by atoms with Crippen LogP contribution in [0.5, 0.6) is 0 Å². The molecule has 9 heteroatoms. The maximum atomic E-state index is 13.8. The molecule has 1 spiro atoms. The van der Waals surface area contributed by atoms with Crippen LogP contribution in [0.4, 0.5) is 16.3 Å². The van der Waals surface area contributed by atoms with Crippen molar-refractivity contribution >= 4 is 34.3 Å². The molecule has 0 atom stereocenters. The molecule has 2 aliphatic rings. The second-order valence-corrected chi connectivity index (χ2v) is 8.83. The minimum absolute atomic E-state index is 0.0722. The number of benzene rings is 1. The number of fused-ring (bicyclic) bond motifs is 3. The molecule has 174 valence electrons. The number of methoxy groups -OCH3 is 1. The molecule has 2 amide bonds. The Labute approximate surface area is 201 Å². The number of likely N-dealkylation sites (tertiary alicyclic amines) is 1. The highest BCUT2D eigenvalue weighted by molar-refractivity contribution is 6.10. The number of hydrogen-bond donors (Lipinski definition) is 1. The summed E-state index contributed by atoms with van der Waals surface area (Å²) in [5, 5.41) is 2.00. The fraction of sp³-hybridized carbons (Fsp3) is 0.192. The minimum atomic E-state index is -0.799. The zero-order valence-corrected chi connectivity index (χ0v) is 19.0. The number of hydrogen-bond acceptors (Lipinski definition) is 7. The van der Waals surface area contributed by atoms with Gasteiger partial charge in [0.1, 0.15) is 11.2 Å². The minimum Gasteiger partial charge on any atom is -0.453 e. The molecule has 1 aromatic carbocycles. The van der Waals surface area contributed by atoms with E-state index in [2.05, 4.69) is 9.97 Å². The fourth-order valence-electron chi connectivity index (χ4n) is 5.16. The summed E-state index contributed by atoms with van der Waals surface area (Å²) in [6.07, 6.45) is 6.49. The number of nitrogens with zero attached hydrogens (tertiary/aromatic N) is 5. The molecule has 4 aromatic rings. The zero-order chi connectivity index (χ0) is 24.2. The summed E-state index contributed by atoms with van der Waals surface area (Å²) in [7, 11) is 1.34. The van der Waals surface area contributed by atoms with Crippen LogP contribution in [-0.2, 0) is 21.5 Å². The first kappa shape index (κ1) is 21.0. The van der Waals surface area contributed by atoms with Crippen molar-refractivity contribution in [3.05, 3.63) is 78.5 Å². The van der Waals surface area contributed by atoms with Gasteiger partial charge < -0.3 is 20.3 Å². The SMILES string of the molecule is COC(=O)N1CC2(C1)C(=O)N(Cc1ncc3ccccc3c1-c1ccc(N)nc1)c1cnccc12. The first-order chi connectivity index (χ1) is 17.0. The second-order valence-electron chi connectivity index (χ2n) is 8.83.